The average Bonchev–Trinajstić information content (AvgIpc) is 2.35. The van der Waals surface area contributed by atoms with Crippen LogP contribution in [-0.4, -0.2) is 43.6 Å². The fourth-order valence-corrected chi connectivity index (χ4v) is 1.51. The molecule has 0 aromatic carbocycles. The van der Waals surface area contributed by atoms with Gasteiger partial charge in [0.1, 0.15) is 0 Å². The summed E-state index contributed by atoms with van der Waals surface area (Å²) in [5, 5.41) is 4.19. The van der Waals surface area contributed by atoms with Crippen LogP contribution in [0, 0.1) is 0 Å². The number of anilines is 1. The maximum atomic E-state index is 12.0. The van der Waals surface area contributed by atoms with Crippen LogP contribution in [0.3, 0.4) is 0 Å². The van der Waals surface area contributed by atoms with Crippen LogP contribution in [0.15, 0.2) is 17.1 Å². The van der Waals surface area contributed by atoms with Gasteiger partial charge in [0, 0.05) is 33.3 Å². The van der Waals surface area contributed by atoms with Crippen LogP contribution in [0.2, 0.25) is 0 Å². The van der Waals surface area contributed by atoms with Crippen molar-refractivity contribution in [2.45, 2.75) is 19.4 Å². The summed E-state index contributed by atoms with van der Waals surface area (Å²) in [6.07, 6.45) is 1.68. The summed E-state index contributed by atoms with van der Waals surface area (Å²) in [5.41, 5.74) is 5.81. The summed E-state index contributed by atoms with van der Waals surface area (Å²) in [6, 6.07) is 1.57. The van der Waals surface area contributed by atoms with Gasteiger partial charge in [-0.15, -0.1) is 0 Å². The molecule has 0 aliphatic rings. The Kier molecular flexibility index (Phi) is 4.86. The van der Waals surface area contributed by atoms with Gasteiger partial charge in [-0.1, -0.05) is 0 Å². The number of rotatable bonds is 6. The minimum Gasteiger partial charge on any atom is -0.383 e. The van der Waals surface area contributed by atoms with Crippen LogP contribution >= 0.6 is 0 Å². The van der Waals surface area contributed by atoms with E-state index in [-0.39, 0.29) is 5.56 Å². The molecule has 1 aromatic heterocycles. The molecule has 0 fully saturated rings. The maximum Gasteiger partial charge on any atom is 0.269 e. The highest BCUT2D eigenvalue weighted by molar-refractivity contribution is 5.41. The van der Waals surface area contributed by atoms with Crippen molar-refractivity contribution in [3.05, 3.63) is 22.6 Å². The predicted octanol–water partition coefficient (Wildman–Crippen LogP) is 0.0197. The van der Waals surface area contributed by atoms with Crippen molar-refractivity contribution in [3.8, 4) is 0 Å². The first-order valence-corrected chi connectivity index (χ1v) is 5.92. The van der Waals surface area contributed by atoms with E-state index in [1.54, 1.807) is 19.4 Å². The fourth-order valence-electron chi connectivity index (χ4n) is 1.51. The van der Waals surface area contributed by atoms with Gasteiger partial charge in [-0.25, -0.2) is 4.68 Å². The minimum absolute atomic E-state index is 0.146. The molecule has 18 heavy (non-hydrogen) atoms. The average molecular weight is 254 g/mol. The monoisotopic (exact) mass is 254 g/mol. The molecule has 6 nitrogen and oxygen atoms in total. The van der Waals surface area contributed by atoms with Crippen molar-refractivity contribution in [3.63, 3.8) is 0 Å². The molecule has 0 spiro atoms. The molecule has 6 heteroatoms. The molecular formula is C12H22N4O2. The van der Waals surface area contributed by atoms with Crippen molar-refractivity contribution in [2.24, 2.45) is 5.73 Å². The van der Waals surface area contributed by atoms with E-state index >= 15 is 0 Å². The molecule has 1 rings (SSSR count). The Labute approximate surface area is 107 Å². The van der Waals surface area contributed by atoms with Crippen LogP contribution in [0.5, 0.6) is 0 Å². The zero-order valence-electron chi connectivity index (χ0n) is 11.5. The van der Waals surface area contributed by atoms with E-state index in [2.05, 4.69) is 5.10 Å². The molecule has 0 aliphatic carbocycles. The molecule has 0 saturated carbocycles. The van der Waals surface area contributed by atoms with Gasteiger partial charge in [0.15, 0.2) is 0 Å². The van der Waals surface area contributed by atoms with Crippen molar-refractivity contribution >= 4 is 5.69 Å². The Morgan fingerprint density at radius 3 is 2.72 bits per heavy atom. The molecular weight excluding hydrogens is 232 g/mol. The lowest BCUT2D eigenvalue weighted by Gasteiger charge is -2.25. The lowest BCUT2D eigenvalue weighted by molar-refractivity contribution is 0.206. The summed E-state index contributed by atoms with van der Waals surface area (Å²) in [5.74, 6) is 0. The predicted molar refractivity (Wildman–Crippen MR) is 72.0 cm³/mol. The molecule has 102 valence electrons. The Balaban J connectivity index is 2.96. The molecule has 0 amide bonds. The minimum atomic E-state index is -0.472. The highest BCUT2D eigenvalue weighted by Crippen LogP contribution is 2.11. The zero-order chi connectivity index (χ0) is 13.8. The van der Waals surface area contributed by atoms with E-state index in [0.29, 0.717) is 19.7 Å². The first-order chi connectivity index (χ1) is 8.42. The van der Waals surface area contributed by atoms with E-state index < -0.39 is 5.54 Å². The van der Waals surface area contributed by atoms with Crippen LogP contribution in [0.1, 0.15) is 13.8 Å². The number of aromatic nitrogens is 2. The van der Waals surface area contributed by atoms with Gasteiger partial charge in [-0.05, 0) is 13.8 Å². The molecule has 1 heterocycles. The molecule has 0 saturated heterocycles. The van der Waals surface area contributed by atoms with E-state index in [4.69, 9.17) is 10.5 Å². The van der Waals surface area contributed by atoms with Crippen molar-refractivity contribution < 1.29 is 4.74 Å². The Bertz CT molecular complexity index is 442. The third-order valence-electron chi connectivity index (χ3n) is 2.93. The third kappa shape index (κ3) is 3.30. The fraction of sp³-hybridized carbons (Fsp3) is 0.667. The number of nitrogens with zero attached hydrogens (tertiary/aromatic N) is 3. The van der Waals surface area contributed by atoms with Gasteiger partial charge in [0.05, 0.1) is 24.0 Å². The largest absolute Gasteiger partial charge is 0.383 e. The second-order valence-electron chi connectivity index (χ2n) is 4.89. The number of ether oxygens (including phenoxy) is 1. The molecule has 0 unspecified atom stereocenters. The van der Waals surface area contributed by atoms with Gasteiger partial charge in [0.2, 0.25) is 0 Å². The summed E-state index contributed by atoms with van der Waals surface area (Å²) in [4.78, 5) is 13.9. The smallest absolute Gasteiger partial charge is 0.269 e. The molecule has 0 atom stereocenters. The van der Waals surface area contributed by atoms with Gasteiger partial charge in [-0.2, -0.15) is 5.10 Å². The van der Waals surface area contributed by atoms with Gasteiger partial charge in [0.25, 0.3) is 5.56 Å². The molecule has 0 radical (unpaired) electrons. The summed E-state index contributed by atoms with van der Waals surface area (Å²) >= 11 is 0. The maximum absolute atomic E-state index is 12.0. The Hall–Kier alpha value is -1.40. The standard InChI is InChI=1S/C12H22N4O2/c1-12(2,9-13)16-11(17)7-10(8-14-16)15(3)5-6-18-4/h7-8H,5-6,9,13H2,1-4H3. The summed E-state index contributed by atoms with van der Waals surface area (Å²) in [6.45, 7) is 5.44. The lowest BCUT2D eigenvalue weighted by atomic mass is 10.1. The van der Waals surface area contributed by atoms with Crippen LogP contribution in [-0.2, 0) is 10.3 Å². The second kappa shape index (κ2) is 5.97. The molecule has 1 aromatic rings. The number of hydrogen-bond donors (Lipinski definition) is 1. The van der Waals surface area contributed by atoms with Crippen molar-refractivity contribution in [1.82, 2.24) is 9.78 Å². The SMILES string of the molecule is COCCN(C)c1cnn(C(C)(C)CN)c(=O)c1. The second-order valence-corrected chi connectivity index (χ2v) is 4.89. The van der Waals surface area contributed by atoms with E-state index in [0.717, 1.165) is 5.69 Å². The molecule has 0 bridgehead atoms. The summed E-state index contributed by atoms with van der Waals surface area (Å²) in [7, 11) is 3.54. The number of nitrogens with two attached hydrogens (primary N) is 1. The van der Waals surface area contributed by atoms with E-state index in [1.807, 2.05) is 25.8 Å². The molecule has 0 aliphatic heterocycles. The number of hydrogen-bond acceptors (Lipinski definition) is 5. The highest BCUT2D eigenvalue weighted by Gasteiger charge is 2.20. The first-order valence-electron chi connectivity index (χ1n) is 5.92. The quantitative estimate of drug-likeness (QED) is 0.774. The van der Waals surface area contributed by atoms with E-state index in [1.165, 1.54) is 4.68 Å². The van der Waals surface area contributed by atoms with Crippen LogP contribution < -0.4 is 16.2 Å². The Morgan fingerprint density at radius 2 is 2.22 bits per heavy atom. The first kappa shape index (κ1) is 14.7. The number of likely N-dealkylation sites (N-methyl/N-ethyl adjacent to an activating group) is 1. The lowest BCUT2D eigenvalue weighted by Crippen LogP contribution is -2.43. The highest BCUT2D eigenvalue weighted by atomic mass is 16.5. The molecule has 2 N–H and O–H groups in total. The van der Waals surface area contributed by atoms with Gasteiger partial charge in [-0.3, -0.25) is 4.79 Å². The van der Waals surface area contributed by atoms with Crippen LogP contribution in [0.25, 0.3) is 0 Å². The Morgan fingerprint density at radius 1 is 1.56 bits per heavy atom. The van der Waals surface area contributed by atoms with Gasteiger partial charge >= 0.3 is 0 Å². The zero-order valence-corrected chi connectivity index (χ0v) is 11.5. The van der Waals surface area contributed by atoms with Crippen LogP contribution in [0.4, 0.5) is 5.69 Å². The normalized spacial score (nSPS) is 11.6. The topological polar surface area (TPSA) is 73.4 Å². The third-order valence-corrected chi connectivity index (χ3v) is 2.93. The summed E-state index contributed by atoms with van der Waals surface area (Å²) < 4.78 is 6.41. The van der Waals surface area contributed by atoms with Crippen molar-refractivity contribution in [2.75, 3.05) is 38.8 Å². The van der Waals surface area contributed by atoms with Gasteiger partial charge < -0.3 is 15.4 Å². The van der Waals surface area contributed by atoms with E-state index in [9.17, 15) is 4.79 Å². The number of methoxy groups -OCH3 is 1. The van der Waals surface area contributed by atoms with Crippen molar-refractivity contribution in [1.29, 1.82) is 0 Å².